The van der Waals surface area contributed by atoms with Crippen molar-refractivity contribution in [1.82, 2.24) is 10.2 Å². The Morgan fingerprint density at radius 2 is 1.58 bits per heavy atom. The highest BCUT2D eigenvalue weighted by molar-refractivity contribution is 6.01. The van der Waals surface area contributed by atoms with Crippen molar-refractivity contribution in [1.29, 1.82) is 0 Å². The number of aliphatic carboxylic acids is 1. The molecule has 5 nitrogen and oxygen atoms in total. The van der Waals surface area contributed by atoms with E-state index in [0.29, 0.717) is 25.3 Å². The van der Waals surface area contributed by atoms with Crippen molar-refractivity contribution in [2.75, 3.05) is 26.2 Å². The molecule has 0 unspecified atom stereocenters. The number of nitrogens with one attached hydrogen (secondary N) is 1. The Labute approximate surface area is 145 Å². The van der Waals surface area contributed by atoms with Crippen molar-refractivity contribution in [2.24, 2.45) is 17.3 Å². The number of carbonyl (C=O) groups excluding carboxylic acids is 1. The Kier molecular flexibility index (Phi) is 5.80. The topological polar surface area (TPSA) is 69.6 Å². The minimum Gasteiger partial charge on any atom is -0.480 e. The molecule has 0 aromatic heterocycles. The highest BCUT2D eigenvalue weighted by Crippen LogP contribution is 2.36. The largest absolute Gasteiger partial charge is 0.480 e. The summed E-state index contributed by atoms with van der Waals surface area (Å²) >= 11 is 0. The highest BCUT2D eigenvalue weighted by Gasteiger charge is 2.45. The van der Waals surface area contributed by atoms with Gasteiger partial charge in [-0.25, -0.2) is 0 Å². The van der Waals surface area contributed by atoms with Gasteiger partial charge in [0.25, 0.3) is 0 Å². The quantitative estimate of drug-likeness (QED) is 0.578. The molecule has 1 amide bonds. The first-order chi connectivity index (χ1) is 11.6. The number of rotatable bonds is 6. The van der Waals surface area contributed by atoms with Crippen LogP contribution in [0, 0.1) is 17.3 Å². The van der Waals surface area contributed by atoms with Crippen LogP contribution in [-0.2, 0) is 9.59 Å². The van der Waals surface area contributed by atoms with Crippen LogP contribution in [0.2, 0.25) is 0 Å². The fraction of sp³-hybridized carbons (Fsp3) is 0.895. The second kappa shape index (κ2) is 7.85. The zero-order valence-corrected chi connectivity index (χ0v) is 14.8. The zero-order valence-electron chi connectivity index (χ0n) is 14.8. The Balaban J connectivity index is 1.46. The number of nitrogens with zero attached hydrogens (tertiary/aromatic N) is 1. The van der Waals surface area contributed by atoms with Crippen LogP contribution in [0.15, 0.2) is 0 Å². The molecule has 0 spiro atoms. The average molecular weight is 336 g/mol. The van der Waals surface area contributed by atoms with E-state index in [1.54, 1.807) is 0 Å². The maximum atomic E-state index is 12.7. The van der Waals surface area contributed by atoms with Crippen LogP contribution in [0.4, 0.5) is 0 Å². The maximum Gasteiger partial charge on any atom is 0.319 e. The molecule has 0 bridgehead atoms. The molecular weight excluding hydrogens is 304 g/mol. The lowest BCUT2D eigenvalue weighted by molar-refractivity contribution is -0.157. The van der Waals surface area contributed by atoms with Crippen LogP contribution in [-0.4, -0.2) is 48.1 Å². The van der Waals surface area contributed by atoms with E-state index in [2.05, 4.69) is 10.2 Å². The van der Waals surface area contributed by atoms with Gasteiger partial charge in [-0.05, 0) is 63.5 Å². The number of piperidine rings is 1. The summed E-state index contributed by atoms with van der Waals surface area (Å²) in [6.07, 6.45) is 9.80. The van der Waals surface area contributed by atoms with Crippen LogP contribution in [0.1, 0.15) is 64.2 Å². The summed E-state index contributed by atoms with van der Waals surface area (Å²) in [5.41, 5.74) is -1.18. The predicted octanol–water partition coefficient (Wildman–Crippen LogP) is 2.65. The fourth-order valence-electron chi connectivity index (χ4n) is 4.32. The third kappa shape index (κ3) is 4.29. The minimum absolute atomic E-state index is 0.239. The first kappa shape index (κ1) is 17.7. The smallest absolute Gasteiger partial charge is 0.319 e. The van der Waals surface area contributed by atoms with E-state index in [0.717, 1.165) is 57.5 Å². The van der Waals surface area contributed by atoms with E-state index < -0.39 is 11.4 Å². The molecule has 1 aliphatic heterocycles. The van der Waals surface area contributed by atoms with Crippen molar-refractivity contribution in [2.45, 2.75) is 64.2 Å². The maximum absolute atomic E-state index is 12.7. The standard InChI is InChI=1S/C19H32N2O3/c22-17(19(18(23)24)9-3-1-2-4-10-19)20-13-15-7-11-21(12-8-15)14-16-5-6-16/h15-16H,1-14H2,(H,20,22)(H,23,24). The molecule has 3 aliphatic rings. The van der Waals surface area contributed by atoms with E-state index in [-0.39, 0.29) is 5.91 Å². The van der Waals surface area contributed by atoms with E-state index in [4.69, 9.17) is 0 Å². The summed E-state index contributed by atoms with van der Waals surface area (Å²) in [6, 6.07) is 0. The Bertz CT molecular complexity index is 446. The minimum atomic E-state index is -1.18. The molecule has 2 N–H and O–H groups in total. The van der Waals surface area contributed by atoms with E-state index in [1.807, 2.05) is 0 Å². The third-order valence-electron chi connectivity index (χ3n) is 6.27. The summed E-state index contributed by atoms with van der Waals surface area (Å²) in [5.74, 6) is 0.270. The van der Waals surface area contributed by atoms with Crippen molar-refractivity contribution in [3.8, 4) is 0 Å². The number of carboxylic acids is 1. The van der Waals surface area contributed by atoms with Crippen LogP contribution in [0.25, 0.3) is 0 Å². The van der Waals surface area contributed by atoms with Crippen molar-refractivity contribution in [3.63, 3.8) is 0 Å². The molecule has 0 aromatic carbocycles. The molecule has 136 valence electrons. The van der Waals surface area contributed by atoms with Gasteiger partial charge in [-0.1, -0.05) is 25.7 Å². The number of carbonyl (C=O) groups is 2. The second-order valence-electron chi connectivity index (χ2n) is 8.20. The molecule has 1 heterocycles. The number of amides is 1. The van der Waals surface area contributed by atoms with Gasteiger partial charge in [-0.15, -0.1) is 0 Å². The average Bonchev–Trinajstić information content (AvgIpc) is 3.40. The summed E-state index contributed by atoms with van der Waals surface area (Å²) < 4.78 is 0. The summed E-state index contributed by atoms with van der Waals surface area (Å²) in [5, 5.41) is 12.7. The Hall–Kier alpha value is -1.10. The molecule has 2 aliphatic carbocycles. The van der Waals surface area contributed by atoms with Gasteiger partial charge in [0.05, 0.1) is 0 Å². The van der Waals surface area contributed by atoms with Gasteiger partial charge in [0.15, 0.2) is 0 Å². The van der Waals surface area contributed by atoms with Crippen molar-refractivity contribution >= 4 is 11.9 Å². The predicted molar refractivity (Wildman–Crippen MR) is 92.7 cm³/mol. The Morgan fingerprint density at radius 1 is 0.958 bits per heavy atom. The van der Waals surface area contributed by atoms with Gasteiger partial charge in [0.2, 0.25) is 5.91 Å². The van der Waals surface area contributed by atoms with E-state index in [1.165, 1.54) is 19.4 Å². The molecule has 2 saturated carbocycles. The molecule has 5 heteroatoms. The summed E-state index contributed by atoms with van der Waals surface area (Å²) in [4.78, 5) is 27.0. The Morgan fingerprint density at radius 3 is 2.12 bits per heavy atom. The molecule has 0 aromatic rings. The van der Waals surface area contributed by atoms with Crippen LogP contribution in [0.3, 0.4) is 0 Å². The highest BCUT2D eigenvalue weighted by atomic mass is 16.4. The molecule has 0 radical (unpaired) electrons. The normalized spacial score (nSPS) is 25.8. The molecule has 0 atom stereocenters. The van der Waals surface area contributed by atoms with Gasteiger partial charge in [-0.3, -0.25) is 9.59 Å². The van der Waals surface area contributed by atoms with Crippen LogP contribution < -0.4 is 5.32 Å². The lowest BCUT2D eigenvalue weighted by Crippen LogP contribution is -2.48. The lowest BCUT2D eigenvalue weighted by Gasteiger charge is -2.33. The van der Waals surface area contributed by atoms with Gasteiger partial charge in [0.1, 0.15) is 5.41 Å². The molecule has 24 heavy (non-hydrogen) atoms. The SMILES string of the molecule is O=C(O)C1(C(=O)NCC2CCN(CC3CC3)CC2)CCCCCC1. The molecule has 1 saturated heterocycles. The first-order valence-corrected chi connectivity index (χ1v) is 9.84. The van der Waals surface area contributed by atoms with Crippen LogP contribution >= 0.6 is 0 Å². The van der Waals surface area contributed by atoms with Crippen LogP contribution in [0.5, 0.6) is 0 Å². The zero-order chi connectivity index (χ0) is 17.0. The van der Waals surface area contributed by atoms with E-state index >= 15 is 0 Å². The molecule has 3 rings (SSSR count). The van der Waals surface area contributed by atoms with E-state index in [9.17, 15) is 14.7 Å². The van der Waals surface area contributed by atoms with Crippen molar-refractivity contribution < 1.29 is 14.7 Å². The van der Waals surface area contributed by atoms with Gasteiger partial charge < -0.3 is 15.3 Å². The van der Waals surface area contributed by atoms with Gasteiger partial charge in [-0.2, -0.15) is 0 Å². The number of hydrogen-bond acceptors (Lipinski definition) is 3. The lowest BCUT2D eigenvalue weighted by atomic mass is 9.79. The summed E-state index contributed by atoms with van der Waals surface area (Å²) in [6.45, 7) is 4.15. The third-order valence-corrected chi connectivity index (χ3v) is 6.27. The number of hydrogen-bond donors (Lipinski definition) is 2. The molecular formula is C19H32N2O3. The first-order valence-electron chi connectivity index (χ1n) is 9.84. The second-order valence-corrected chi connectivity index (χ2v) is 8.20. The summed E-state index contributed by atoms with van der Waals surface area (Å²) in [7, 11) is 0. The van der Waals surface area contributed by atoms with Gasteiger partial charge in [0, 0.05) is 13.1 Å². The monoisotopic (exact) mass is 336 g/mol. The van der Waals surface area contributed by atoms with Crippen molar-refractivity contribution in [3.05, 3.63) is 0 Å². The van der Waals surface area contributed by atoms with Gasteiger partial charge >= 0.3 is 5.97 Å². The number of carboxylic acid groups (broad SMARTS) is 1. The fourth-order valence-corrected chi connectivity index (χ4v) is 4.32. The molecule has 3 fully saturated rings. The number of likely N-dealkylation sites (tertiary alicyclic amines) is 1.